The van der Waals surface area contributed by atoms with Gasteiger partial charge in [-0.25, -0.2) is 0 Å². The van der Waals surface area contributed by atoms with Crippen LogP contribution in [0.15, 0.2) is 48.5 Å². The van der Waals surface area contributed by atoms with Gasteiger partial charge in [0, 0.05) is 36.8 Å². The molecule has 2 heterocycles. The van der Waals surface area contributed by atoms with E-state index in [4.69, 9.17) is 10.8 Å². The van der Waals surface area contributed by atoms with Gasteiger partial charge >= 0.3 is 6.18 Å². The monoisotopic (exact) mass is 498 g/mol. The highest BCUT2D eigenvalue weighted by Gasteiger charge is 2.46. The lowest BCUT2D eigenvalue weighted by Crippen LogP contribution is -2.56. The topological polar surface area (TPSA) is 64.2 Å². The Morgan fingerprint density at radius 1 is 1.14 bits per heavy atom. The standard InChI is InChI=1S/C28H33F3N4O/c1-5-35-24-15-16-34(27(4,26(32)36)21-9-7-6-8-10-21)23(25(24)19(3)33-35)14-13-20-12-11-18(2)22(17-20)28(29,30)31/h6-12,17,23H,5,13-16H2,1-4H3,(H2,32,36). The highest BCUT2D eigenvalue weighted by Crippen LogP contribution is 2.43. The van der Waals surface area contributed by atoms with Crippen molar-refractivity contribution in [3.05, 3.63) is 87.7 Å². The SMILES string of the molecule is CCn1nc(C)c2c1CCN(C(C)(C(N)=O)c1ccccc1)C2CCc1ccc(C)c(C(F)(F)F)c1. The number of nitrogens with two attached hydrogens (primary N) is 1. The normalized spacial score (nSPS) is 18.0. The van der Waals surface area contributed by atoms with Crippen molar-refractivity contribution in [2.45, 2.75) is 71.3 Å². The first-order chi connectivity index (χ1) is 17.0. The summed E-state index contributed by atoms with van der Waals surface area (Å²) >= 11 is 0. The average molecular weight is 499 g/mol. The molecule has 1 aromatic heterocycles. The Morgan fingerprint density at radius 2 is 1.83 bits per heavy atom. The van der Waals surface area contributed by atoms with E-state index in [1.165, 1.54) is 19.1 Å². The van der Waals surface area contributed by atoms with Crippen LogP contribution < -0.4 is 5.73 Å². The van der Waals surface area contributed by atoms with Crippen molar-refractivity contribution in [3.63, 3.8) is 0 Å². The van der Waals surface area contributed by atoms with Crippen LogP contribution in [0.5, 0.6) is 0 Å². The van der Waals surface area contributed by atoms with Crippen LogP contribution in [0.25, 0.3) is 0 Å². The van der Waals surface area contributed by atoms with Gasteiger partial charge in [-0.15, -0.1) is 0 Å². The van der Waals surface area contributed by atoms with Gasteiger partial charge in [0.05, 0.1) is 11.3 Å². The number of carbonyl (C=O) groups is 1. The summed E-state index contributed by atoms with van der Waals surface area (Å²) in [6, 6.07) is 13.7. The third-order valence-electron chi connectivity index (χ3n) is 7.59. The second kappa shape index (κ2) is 9.73. The second-order valence-electron chi connectivity index (χ2n) is 9.71. The van der Waals surface area contributed by atoms with Gasteiger partial charge in [-0.2, -0.15) is 18.3 Å². The summed E-state index contributed by atoms with van der Waals surface area (Å²) in [5.74, 6) is -0.461. The van der Waals surface area contributed by atoms with Crippen LogP contribution in [0.2, 0.25) is 0 Å². The molecule has 0 saturated carbocycles. The van der Waals surface area contributed by atoms with Crippen LogP contribution in [0.1, 0.15) is 65.5 Å². The Morgan fingerprint density at radius 3 is 2.44 bits per heavy atom. The van der Waals surface area contributed by atoms with Crippen molar-refractivity contribution < 1.29 is 18.0 Å². The Labute approximate surface area is 210 Å². The molecule has 36 heavy (non-hydrogen) atoms. The summed E-state index contributed by atoms with van der Waals surface area (Å²) in [6.45, 7) is 8.62. The number of aromatic nitrogens is 2. The fourth-order valence-electron chi connectivity index (χ4n) is 5.62. The molecule has 3 aromatic rings. The lowest BCUT2D eigenvalue weighted by atomic mass is 9.82. The minimum Gasteiger partial charge on any atom is -0.368 e. The minimum absolute atomic E-state index is 0.207. The molecule has 0 radical (unpaired) electrons. The van der Waals surface area contributed by atoms with Gasteiger partial charge in [0.2, 0.25) is 5.91 Å². The molecular formula is C28H33F3N4O. The Balaban J connectivity index is 1.78. The van der Waals surface area contributed by atoms with Gasteiger partial charge in [0.25, 0.3) is 0 Å². The van der Waals surface area contributed by atoms with E-state index < -0.39 is 23.2 Å². The number of amides is 1. The molecule has 192 valence electrons. The van der Waals surface area contributed by atoms with E-state index in [2.05, 4.69) is 4.90 Å². The maximum Gasteiger partial charge on any atom is 0.416 e. The minimum atomic E-state index is -4.40. The molecular weight excluding hydrogens is 465 g/mol. The van der Waals surface area contributed by atoms with Crippen molar-refractivity contribution in [2.75, 3.05) is 6.54 Å². The van der Waals surface area contributed by atoms with Crippen LogP contribution in [-0.4, -0.2) is 27.1 Å². The number of rotatable bonds is 7. The van der Waals surface area contributed by atoms with E-state index in [9.17, 15) is 18.0 Å². The maximum absolute atomic E-state index is 13.5. The number of hydrogen-bond donors (Lipinski definition) is 1. The van der Waals surface area contributed by atoms with E-state index >= 15 is 0 Å². The predicted molar refractivity (Wildman–Crippen MR) is 133 cm³/mol. The summed E-state index contributed by atoms with van der Waals surface area (Å²) in [5.41, 5.74) is 9.01. The van der Waals surface area contributed by atoms with Gasteiger partial charge in [-0.1, -0.05) is 42.5 Å². The highest BCUT2D eigenvalue weighted by molar-refractivity contribution is 5.86. The molecule has 1 aliphatic rings. The summed E-state index contributed by atoms with van der Waals surface area (Å²) < 4.78 is 42.6. The summed E-state index contributed by atoms with van der Waals surface area (Å²) in [7, 11) is 0. The Bertz CT molecular complexity index is 1250. The zero-order valence-corrected chi connectivity index (χ0v) is 21.2. The molecule has 2 aromatic carbocycles. The van der Waals surface area contributed by atoms with Crippen LogP contribution in [0, 0.1) is 13.8 Å². The average Bonchev–Trinajstić information content (AvgIpc) is 3.18. The molecule has 2 N–H and O–H groups in total. The van der Waals surface area contributed by atoms with E-state index in [0.29, 0.717) is 31.4 Å². The predicted octanol–water partition coefficient (Wildman–Crippen LogP) is 5.47. The number of carbonyl (C=O) groups excluding carboxylic acids is 1. The molecule has 2 unspecified atom stereocenters. The van der Waals surface area contributed by atoms with E-state index in [1.807, 2.05) is 55.8 Å². The summed E-state index contributed by atoms with van der Waals surface area (Å²) in [6.07, 6.45) is -2.75. The van der Waals surface area contributed by atoms with Crippen LogP contribution in [0.4, 0.5) is 13.2 Å². The molecule has 2 atom stereocenters. The third-order valence-corrected chi connectivity index (χ3v) is 7.59. The number of nitrogens with zero attached hydrogens (tertiary/aromatic N) is 3. The fourth-order valence-corrected chi connectivity index (χ4v) is 5.62. The van der Waals surface area contributed by atoms with E-state index in [1.54, 1.807) is 6.07 Å². The van der Waals surface area contributed by atoms with E-state index in [0.717, 1.165) is 29.1 Å². The molecule has 5 nitrogen and oxygen atoms in total. The first kappa shape index (κ1) is 25.9. The van der Waals surface area contributed by atoms with Gasteiger partial charge in [-0.05, 0) is 63.3 Å². The zero-order chi connectivity index (χ0) is 26.3. The number of primary amides is 1. The van der Waals surface area contributed by atoms with Crippen molar-refractivity contribution in [2.24, 2.45) is 5.73 Å². The van der Waals surface area contributed by atoms with Crippen molar-refractivity contribution in [3.8, 4) is 0 Å². The number of hydrogen-bond acceptors (Lipinski definition) is 3. The first-order valence-electron chi connectivity index (χ1n) is 12.3. The molecule has 1 aliphatic heterocycles. The lowest BCUT2D eigenvalue weighted by Gasteiger charge is -2.47. The van der Waals surface area contributed by atoms with Crippen molar-refractivity contribution in [1.82, 2.24) is 14.7 Å². The number of aryl methyl sites for hydroxylation is 4. The molecule has 0 spiro atoms. The lowest BCUT2D eigenvalue weighted by molar-refractivity contribution is -0.138. The molecule has 4 rings (SSSR count). The van der Waals surface area contributed by atoms with Gasteiger partial charge in [0.15, 0.2) is 0 Å². The first-order valence-corrected chi connectivity index (χ1v) is 12.3. The molecule has 8 heteroatoms. The Hall–Kier alpha value is -3.13. The van der Waals surface area contributed by atoms with Crippen molar-refractivity contribution >= 4 is 5.91 Å². The number of fused-ring (bicyclic) bond motifs is 1. The number of alkyl halides is 3. The third kappa shape index (κ3) is 4.54. The van der Waals surface area contributed by atoms with Crippen molar-refractivity contribution in [1.29, 1.82) is 0 Å². The molecule has 1 amide bonds. The quantitative estimate of drug-likeness (QED) is 0.470. The summed E-state index contributed by atoms with van der Waals surface area (Å²) in [4.78, 5) is 15.2. The Kier molecular flexibility index (Phi) is 7.01. The van der Waals surface area contributed by atoms with Crippen LogP contribution >= 0.6 is 0 Å². The van der Waals surface area contributed by atoms with Crippen LogP contribution in [-0.2, 0) is 35.9 Å². The number of benzene rings is 2. The van der Waals surface area contributed by atoms with E-state index in [-0.39, 0.29) is 11.6 Å². The molecule has 0 aliphatic carbocycles. The maximum atomic E-state index is 13.5. The smallest absolute Gasteiger partial charge is 0.368 e. The van der Waals surface area contributed by atoms with Gasteiger partial charge in [0.1, 0.15) is 5.54 Å². The highest BCUT2D eigenvalue weighted by atomic mass is 19.4. The molecule has 0 bridgehead atoms. The van der Waals surface area contributed by atoms with Gasteiger partial charge in [-0.3, -0.25) is 14.4 Å². The zero-order valence-electron chi connectivity index (χ0n) is 21.2. The fraction of sp³-hybridized carbons (Fsp3) is 0.429. The summed E-state index contributed by atoms with van der Waals surface area (Å²) in [5, 5.41) is 4.73. The molecule has 0 fully saturated rings. The molecule has 0 saturated heterocycles. The second-order valence-corrected chi connectivity index (χ2v) is 9.71. The largest absolute Gasteiger partial charge is 0.416 e. The number of halogens is 3. The van der Waals surface area contributed by atoms with Crippen LogP contribution in [0.3, 0.4) is 0 Å². The van der Waals surface area contributed by atoms with Gasteiger partial charge < -0.3 is 5.73 Å².